The number of aromatic carboxylic acids is 1. The van der Waals surface area contributed by atoms with Crippen LogP contribution in [0.3, 0.4) is 0 Å². The Kier molecular flexibility index (Phi) is 5.08. The highest BCUT2D eigenvalue weighted by atomic mass is 79.9. The summed E-state index contributed by atoms with van der Waals surface area (Å²) < 4.78 is 0.538. The average molecular weight is 329 g/mol. The van der Waals surface area contributed by atoms with Crippen LogP contribution in [0.5, 0.6) is 0 Å². The molecule has 0 aliphatic carbocycles. The molecule has 0 aromatic heterocycles. The first-order valence-corrected chi connectivity index (χ1v) is 6.56. The van der Waals surface area contributed by atoms with Crippen LogP contribution in [-0.2, 0) is 4.79 Å². The maximum absolute atomic E-state index is 11.7. The monoisotopic (exact) mass is 328 g/mol. The first kappa shape index (κ1) is 15.7. The van der Waals surface area contributed by atoms with Gasteiger partial charge in [0, 0.05) is 10.0 Å². The van der Waals surface area contributed by atoms with Crippen molar-refractivity contribution >= 4 is 33.5 Å². The van der Waals surface area contributed by atoms with Crippen molar-refractivity contribution in [3.63, 3.8) is 0 Å². The van der Waals surface area contributed by atoms with E-state index < -0.39 is 5.97 Å². The number of rotatable bonds is 4. The van der Waals surface area contributed by atoms with Gasteiger partial charge in [0.1, 0.15) is 0 Å². The number of halogens is 1. The summed E-state index contributed by atoms with van der Waals surface area (Å²) in [6, 6.07) is 4.46. The summed E-state index contributed by atoms with van der Waals surface area (Å²) in [6.07, 6.45) is 0. The second-order valence-electron chi connectivity index (χ2n) is 5.15. The zero-order valence-corrected chi connectivity index (χ0v) is 12.7. The fourth-order valence-corrected chi connectivity index (χ4v) is 1.77. The van der Waals surface area contributed by atoms with Gasteiger partial charge >= 0.3 is 5.97 Å². The van der Waals surface area contributed by atoms with Crippen LogP contribution in [0.4, 0.5) is 5.69 Å². The van der Waals surface area contributed by atoms with Gasteiger partial charge in [0.2, 0.25) is 5.91 Å². The van der Waals surface area contributed by atoms with Crippen LogP contribution in [0.15, 0.2) is 22.7 Å². The quantitative estimate of drug-likeness (QED) is 0.793. The van der Waals surface area contributed by atoms with E-state index in [0.717, 1.165) is 0 Å². The van der Waals surface area contributed by atoms with Crippen molar-refractivity contribution in [2.45, 2.75) is 26.3 Å². The molecule has 0 spiro atoms. The molecule has 1 rings (SSSR count). The van der Waals surface area contributed by atoms with Crippen molar-refractivity contribution in [3.05, 3.63) is 28.2 Å². The van der Waals surface area contributed by atoms with E-state index in [1.54, 1.807) is 6.07 Å². The lowest BCUT2D eigenvalue weighted by atomic mass is 10.1. The summed E-state index contributed by atoms with van der Waals surface area (Å²) in [5.74, 6) is -1.19. The topological polar surface area (TPSA) is 78.4 Å². The lowest BCUT2D eigenvalue weighted by Gasteiger charge is -2.20. The molecule has 3 N–H and O–H groups in total. The molecule has 0 atom stereocenters. The number of hydrogen-bond acceptors (Lipinski definition) is 3. The number of carboxylic acid groups (broad SMARTS) is 1. The molecule has 0 heterocycles. The summed E-state index contributed by atoms with van der Waals surface area (Å²) in [7, 11) is 0. The zero-order valence-electron chi connectivity index (χ0n) is 11.1. The van der Waals surface area contributed by atoms with Crippen LogP contribution in [0.2, 0.25) is 0 Å². The predicted octanol–water partition coefficient (Wildman–Crippen LogP) is 2.47. The van der Waals surface area contributed by atoms with E-state index in [1.165, 1.54) is 12.1 Å². The second kappa shape index (κ2) is 6.16. The van der Waals surface area contributed by atoms with Crippen LogP contribution >= 0.6 is 15.9 Å². The van der Waals surface area contributed by atoms with E-state index in [1.807, 2.05) is 20.8 Å². The number of carbonyl (C=O) groups is 2. The maximum Gasteiger partial charge on any atom is 0.335 e. The number of hydrogen-bond donors (Lipinski definition) is 3. The first-order chi connectivity index (χ1) is 8.69. The van der Waals surface area contributed by atoms with Crippen molar-refractivity contribution in [2.75, 3.05) is 11.9 Å². The number of nitrogens with one attached hydrogen (secondary N) is 2. The van der Waals surface area contributed by atoms with Crippen molar-refractivity contribution in [1.29, 1.82) is 0 Å². The van der Waals surface area contributed by atoms with Gasteiger partial charge in [-0.05, 0) is 54.9 Å². The molecule has 104 valence electrons. The van der Waals surface area contributed by atoms with Crippen LogP contribution in [0.25, 0.3) is 0 Å². The first-order valence-electron chi connectivity index (χ1n) is 5.77. The highest BCUT2D eigenvalue weighted by Gasteiger charge is 2.13. The summed E-state index contributed by atoms with van der Waals surface area (Å²) in [6.45, 7) is 6.10. The Bertz CT molecular complexity index is 495. The molecule has 0 saturated heterocycles. The molecule has 0 aliphatic heterocycles. The van der Waals surface area contributed by atoms with Gasteiger partial charge in [-0.25, -0.2) is 4.79 Å². The van der Waals surface area contributed by atoms with Gasteiger partial charge in [-0.3, -0.25) is 4.79 Å². The molecule has 5 nitrogen and oxygen atoms in total. The lowest BCUT2D eigenvalue weighted by molar-refractivity contribution is -0.115. The average Bonchev–Trinajstić information content (AvgIpc) is 2.28. The minimum Gasteiger partial charge on any atom is -0.478 e. The van der Waals surface area contributed by atoms with Crippen molar-refractivity contribution in [1.82, 2.24) is 5.32 Å². The molecule has 1 amide bonds. The highest BCUT2D eigenvalue weighted by molar-refractivity contribution is 9.10. The molecule has 6 heteroatoms. The summed E-state index contributed by atoms with van der Waals surface area (Å²) in [5, 5.41) is 14.6. The fourth-order valence-electron chi connectivity index (χ4n) is 1.29. The van der Waals surface area contributed by atoms with Gasteiger partial charge in [0.05, 0.1) is 17.8 Å². The Hall–Kier alpha value is -1.40. The van der Waals surface area contributed by atoms with Crippen LogP contribution in [0.1, 0.15) is 31.1 Å². The van der Waals surface area contributed by atoms with E-state index in [-0.39, 0.29) is 23.6 Å². The van der Waals surface area contributed by atoms with E-state index in [2.05, 4.69) is 26.6 Å². The Morgan fingerprint density at radius 2 is 1.95 bits per heavy atom. The molecular weight excluding hydrogens is 312 g/mol. The second-order valence-corrected chi connectivity index (χ2v) is 6.01. The molecule has 0 fully saturated rings. The number of carbonyl (C=O) groups excluding carboxylic acids is 1. The maximum atomic E-state index is 11.7. The zero-order chi connectivity index (χ0) is 14.6. The third-order valence-electron chi connectivity index (χ3n) is 2.27. The van der Waals surface area contributed by atoms with Gasteiger partial charge < -0.3 is 15.7 Å². The van der Waals surface area contributed by atoms with E-state index >= 15 is 0 Å². The number of anilines is 1. The minimum absolute atomic E-state index is 0.137. The molecule has 1 aromatic carbocycles. The van der Waals surface area contributed by atoms with Crippen molar-refractivity contribution in [3.8, 4) is 0 Å². The molecule has 0 aliphatic rings. The Morgan fingerprint density at radius 1 is 1.32 bits per heavy atom. The smallest absolute Gasteiger partial charge is 0.335 e. The third-order valence-corrected chi connectivity index (χ3v) is 2.93. The normalized spacial score (nSPS) is 11.2. The molecule has 0 saturated carbocycles. The molecule has 19 heavy (non-hydrogen) atoms. The van der Waals surface area contributed by atoms with E-state index in [9.17, 15) is 9.59 Å². The number of carboxylic acids is 1. The number of amides is 1. The van der Waals surface area contributed by atoms with Gasteiger partial charge in [0.15, 0.2) is 0 Å². The van der Waals surface area contributed by atoms with Crippen LogP contribution in [-0.4, -0.2) is 29.1 Å². The molecule has 1 aromatic rings. The van der Waals surface area contributed by atoms with Crippen LogP contribution in [0, 0.1) is 0 Å². The molecule has 0 radical (unpaired) electrons. The highest BCUT2D eigenvalue weighted by Crippen LogP contribution is 2.23. The van der Waals surface area contributed by atoms with Crippen LogP contribution < -0.4 is 10.6 Å². The summed E-state index contributed by atoms with van der Waals surface area (Å²) in [4.78, 5) is 22.5. The third kappa shape index (κ3) is 5.40. The fraction of sp³-hybridized carbons (Fsp3) is 0.385. The van der Waals surface area contributed by atoms with Gasteiger partial charge in [-0.1, -0.05) is 0 Å². The Labute approximate surface area is 120 Å². The summed E-state index contributed by atoms with van der Waals surface area (Å²) >= 11 is 3.24. The SMILES string of the molecule is CC(C)(C)NCC(=O)Nc1ccc(C(=O)O)cc1Br. The van der Waals surface area contributed by atoms with Gasteiger partial charge in [0.25, 0.3) is 0 Å². The molecule has 0 bridgehead atoms. The minimum atomic E-state index is -1.01. The predicted molar refractivity (Wildman–Crippen MR) is 77.5 cm³/mol. The largest absolute Gasteiger partial charge is 0.478 e. The van der Waals surface area contributed by atoms with Gasteiger partial charge in [-0.2, -0.15) is 0 Å². The van der Waals surface area contributed by atoms with E-state index in [4.69, 9.17) is 5.11 Å². The summed E-state index contributed by atoms with van der Waals surface area (Å²) in [5.41, 5.74) is 0.574. The van der Waals surface area contributed by atoms with Gasteiger partial charge in [-0.15, -0.1) is 0 Å². The van der Waals surface area contributed by atoms with E-state index in [0.29, 0.717) is 10.2 Å². The van der Waals surface area contributed by atoms with Crippen molar-refractivity contribution in [2.24, 2.45) is 0 Å². The Morgan fingerprint density at radius 3 is 2.42 bits per heavy atom. The Balaban J connectivity index is 2.67. The standard InChI is InChI=1S/C13H17BrN2O3/c1-13(2,3)15-7-11(17)16-10-5-4-8(12(18)19)6-9(10)14/h4-6,15H,7H2,1-3H3,(H,16,17)(H,18,19). The molecular formula is C13H17BrN2O3. The number of benzene rings is 1. The van der Waals surface area contributed by atoms with Crippen molar-refractivity contribution < 1.29 is 14.7 Å². The lowest BCUT2D eigenvalue weighted by Crippen LogP contribution is -2.41. The molecule has 0 unspecified atom stereocenters.